The van der Waals surface area contributed by atoms with E-state index in [-0.39, 0.29) is 21.7 Å². The first-order chi connectivity index (χ1) is 9.07. The first-order valence-corrected chi connectivity index (χ1v) is 8.18. The minimum atomic E-state index is -0.230. The van der Waals surface area contributed by atoms with Crippen LogP contribution in [0.25, 0.3) is 0 Å². The first kappa shape index (κ1) is 18.3. The summed E-state index contributed by atoms with van der Waals surface area (Å²) in [7, 11) is 0. The molecule has 1 heteroatoms. The molecule has 1 aliphatic carbocycles. The van der Waals surface area contributed by atoms with Gasteiger partial charge in [-0.3, -0.25) is 0 Å². The van der Waals surface area contributed by atoms with Gasteiger partial charge in [-0.25, -0.2) is 0 Å². The molecule has 1 aliphatic rings. The molecular weight excluding hydrogens is 256 g/mol. The van der Waals surface area contributed by atoms with Gasteiger partial charge in [-0.05, 0) is 47.7 Å². The highest BCUT2D eigenvalue weighted by atomic mass is 16.3. The Morgan fingerprint density at radius 2 is 1.19 bits per heavy atom. The van der Waals surface area contributed by atoms with E-state index in [0.717, 1.165) is 12.0 Å². The van der Waals surface area contributed by atoms with Crippen molar-refractivity contribution in [2.24, 2.45) is 21.7 Å². The average Bonchev–Trinajstić information content (AvgIpc) is 2.17. The molecule has 122 valence electrons. The summed E-state index contributed by atoms with van der Waals surface area (Å²) >= 11 is 0. The molecule has 0 heterocycles. The Morgan fingerprint density at radius 3 is 1.48 bits per heavy atom. The van der Waals surface area contributed by atoms with E-state index in [2.05, 4.69) is 76.2 Å². The molecule has 0 aromatic rings. The highest BCUT2D eigenvalue weighted by Gasteiger charge is 2.56. The van der Waals surface area contributed by atoms with Gasteiger partial charge in [-0.1, -0.05) is 67.9 Å². The molecule has 0 unspecified atom stereocenters. The van der Waals surface area contributed by atoms with Gasteiger partial charge in [0.05, 0.1) is 0 Å². The van der Waals surface area contributed by atoms with Crippen molar-refractivity contribution in [1.82, 2.24) is 0 Å². The van der Waals surface area contributed by atoms with E-state index in [4.69, 9.17) is 0 Å². The molecule has 0 fully saturated rings. The summed E-state index contributed by atoms with van der Waals surface area (Å²) in [6, 6.07) is 0. The third kappa shape index (κ3) is 2.69. The SMILES string of the molecule is CC1=C(C)C(C(C)(C)C)=C(O)C(C(C)(C)C)(C(C)(C)C)C1. The molecule has 1 nitrogen and oxygen atoms in total. The second-order valence-corrected chi connectivity index (χ2v) is 9.96. The number of aliphatic hydroxyl groups is 1. The van der Waals surface area contributed by atoms with Crippen LogP contribution >= 0.6 is 0 Å². The van der Waals surface area contributed by atoms with Crippen molar-refractivity contribution < 1.29 is 5.11 Å². The van der Waals surface area contributed by atoms with Crippen molar-refractivity contribution in [1.29, 1.82) is 0 Å². The maximum Gasteiger partial charge on any atom is 0.104 e. The Morgan fingerprint density at radius 1 is 0.810 bits per heavy atom. The van der Waals surface area contributed by atoms with E-state index in [0.29, 0.717) is 5.76 Å². The molecule has 0 spiro atoms. The van der Waals surface area contributed by atoms with Gasteiger partial charge in [0.15, 0.2) is 0 Å². The van der Waals surface area contributed by atoms with Gasteiger partial charge in [0.25, 0.3) is 0 Å². The molecule has 0 aliphatic heterocycles. The molecule has 21 heavy (non-hydrogen) atoms. The van der Waals surface area contributed by atoms with Crippen LogP contribution in [0, 0.1) is 21.7 Å². The minimum absolute atomic E-state index is 0.00616. The summed E-state index contributed by atoms with van der Waals surface area (Å²) in [4.78, 5) is 0. The van der Waals surface area contributed by atoms with E-state index in [1.165, 1.54) is 11.1 Å². The smallest absolute Gasteiger partial charge is 0.104 e. The predicted molar refractivity (Wildman–Crippen MR) is 93.4 cm³/mol. The third-order valence-corrected chi connectivity index (χ3v) is 5.50. The second-order valence-electron chi connectivity index (χ2n) is 9.96. The van der Waals surface area contributed by atoms with E-state index in [1.807, 2.05) is 0 Å². The number of aliphatic hydroxyl groups excluding tert-OH is 1. The van der Waals surface area contributed by atoms with Crippen LogP contribution < -0.4 is 0 Å². The van der Waals surface area contributed by atoms with Gasteiger partial charge in [-0.15, -0.1) is 0 Å². The Hall–Kier alpha value is -0.720. The van der Waals surface area contributed by atoms with Crippen LogP contribution in [-0.2, 0) is 0 Å². The van der Waals surface area contributed by atoms with Gasteiger partial charge >= 0.3 is 0 Å². The van der Waals surface area contributed by atoms with Gasteiger partial charge in [0.1, 0.15) is 5.76 Å². The molecule has 0 bridgehead atoms. The summed E-state index contributed by atoms with van der Waals surface area (Å²) in [5.41, 5.74) is 3.56. The molecule has 1 N–H and O–H groups in total. The third-order valence-electron chi connectivity index (χ3n) is 5.50. The maximum absolute atomic E-state index is 11.4. The Labute approximate surface area is 132 Å². The van der Waals surface area contributed by atoms with Gasteiger partial charge in [0, 0.05) is 5.41 Å². The molecular formula is C20H36O. The number of hydrogen-bond donors (Lipinski definition) is 1. The molecule has 0 saturated carbocycles. The van der Waals surface area contributed by atoms with Crippen molar-refractivity contribution in [3.05, 3.63) is 22.5 Å². The molecule has 0 saturated heterocycles. The average molecular weight is 293 g/mol. The van der Waals surface area contributed by atoms with Crippen LogP contribution in [0.4, 0.5) is 0 Å². The summed E-state index contributed by atoms with van der Waals surface area (Å²) < 4.78 is 0. The van der Waals surface area contributed by atoms with Gasteiger partial charge in [-0.2, -0.15) is 0 Å². The van der Waals surface area contributed by atoms with E-state index in [9.17, 15) is 5.11 Å². The lowest BCUT2D eigenvalue weighted by Gasteiger charge is -2.56. The second kappa shape index (κ2) is 4.89. The quantitative estimate of drug-likeness (QED) is 0.529. The van der Waals surface area contributed by atoms with Crippen LogP contribution in [0.15, 0.2) is 22.5 Å². The molecule has 0 radical (unpaired) electrons. The zero-order valence-electron chi connectivity index (χ0n) is 16.2. The fraction of sp³-hybridized carbons (Fsp3) is 0.800. The molecule has 1 rings (SSSR count). The predicted octanol–water partition coefficient (Wildman–Crippen LogP) is 6.66. The molecule has 0 amide bonds. The number of allylic oxidation sites excluding steroid dienone is 4. The van der Waals surface area contributed by atoms with Crippen LogP contribution in [0.2, 0.25) is 0 Å². The van der Waals surface area contributed by atoms with Crippen LogP contribution in [0.3, 0.4) is 0 Å². The standard InChI is InChI=1S/C20H36O/c1-13-12-20(18(6,7)8,19(9,10)11)16(21)15(14(13)2)17(3,4)5/h21H,12H2,1-11H3. The zero-order chi connectivity index (χ0) is 17.0. The largest absolute Gasteiger partial charge is 0.511 e. The van der Waals surface area contributed by atoms with Crippen LogP contribution in [0.5, 0.6) is 0 Å². The number of rotatable bonds is 0. The lowest BCUT2D eigenvalue weighted by molar-refractivity contribution is -0.0359. The summed E-state index contributed by atoms with van der Waals surface area (Å²) in [5.74, 6) is 0.623. The number of hydrogen-bond acceptors (Lipinski definition) is 1. The Kier molecular flexibility index (Phi) is 4.27. The zero-order valence-corrected chi connectivity index (χ0v) is 16.2. The van der Waals surface area contributed by atoms with Crippen molar-refractivity contribution in [2.45, 2.75) is 82.6 Å². The van der Waals surface area contributed by atoms with Crippen molar-refractivity contribution >= 4 is 0 Å². The normalized spacial score (nSPS) is 21.1. The molecule has 0 aromatic carbocycles. The fourth-order valence-electron chi connectivity index (χ4n) is 4.50. The summed E-state index contributed by atoms with van der Waals surface area (Å²) in [6.07, 6.45) is 0.942. The van der Waals surface area contributed by atoms with Crippen molar-refractivity contribution in [3.8, 4) is 0 Å². The lowest BCUT2D eigenvalue weighted by atomic mass is 9.48. The lowest BCUT2D eigenvalue weighted by Crippen LogP contribution is -2.50. The summed E-state index contributed by atoms with van der Waals surface area (Å²) in [5, 5.41) is 11.4. The van der Waals surface area contributed by atoms with Crippen molar-refractivity contribution in [3.63, 3.8) is 0 Å². The van der Waals surface area contributed by atoms with E-state index < -0.39 is 0 Å². The monoisotopic (exact) mass is 292 g/mol. The van der Waals surface area contributed by atoms with Gasteiger partial charge in [0.2, 0.25) is 0 Å². The van der Waals surface area contributed by atoms with E-state index in [1.54, 1.807) is 0 Å². The van der Waals surface area contributed by atoms with E-state index >= 15 is 0 Å². The minimum Gasteiger partial charge on any atom is -0.511 e. The first-order valence-electron chi connectivity index (χ1n) is 8.18. The summed E-state index contributed by atoms with van der Waals surface area (Å²) in [6.45, 7) is 24.6. The van der Waals surface area contributed by atoms with Crippen molar-refractivity contribution in [2.75, 3.05) is 0 Å². The molecule has 0 atom stereocenters. The highest BCUT2D eigenvalue weighted by molar-refractivity contribution is 5.46. The van der Waals surface area contributed by atoms with Gasteiger partial charge < -0.3 is 5.11 Å². The van der Waals surface area contributed by atoms with Crippen LogP contribution in [-0.4, -0.2) is 5.11 Å². The maximum atomic E-state index is 11.4. The highest BCUT2D eigenvalue weighted by Crippen LogP contribution is 2.63. The molecule has 0 aromatic heterocycles. The van der Waals surface area contributed by atoms with Crippen LogP contribution in [0.1, 0.15) is 82.6 Å². The topological polar surface area (TPSA) is 20.2 Å². The Bertz CT molecular complexity index is 467. The Balaban J connectivity index is 3.84. The fourth-order valence-corrected chi connectivity index (χ4v) is 4.50.